The van der Waals surface area contributed by atoms with E-state index in [1.54, 1.807) is 0 Å². The molecule has 3 heteroatoms. The van der Waals surface area contributed by atoms with Crippen LogP contribution in [0.5, 0.6) is 5.75 Å². The van der Waals surface area contributed by atoms with Crippen molar-refractivity contribution in [2.24, 2.45) is 5.41 Å². The minimum Gasteiger partial charge on any atom is -0.465 e. The van der Waals surface area contributed by atoms with Gasteiger partial charge in [0.05, 0.1) is 13.2 Å². The summed E-state index contributed by atoms with van der Waals surface area (Å²) in [4.78, 5) is 0. The Kier molecular flexibility index (Phi) is 11.6. The highest BCUT2D eigenvalue weighted by atomic mass is 16.7. The Morgan fingerprint density at radius 2 is 1.44 bits per heavy atom. The SMILES string of the molecule is CC(OCCCOCc1cccc2ccccc12)Oc1ccc(C(C)C(C)(C)C)cc1.CCC. The molecule has 0 aromatic heterocycles. The maximum Gasteiger partial charge on any atom is 0.196 e. The first kappa shape index (κ1) is 27.9. The quantitative estimate of drug-likeness (QED) is 0.222. The van der Waals surface area contributed by atoms with Crippen LogP contribution in [0.2, 0.25) is 0 Å². The lowest BCUT2D eigenvalue weighted by Gasteiger charge is -2.27. The molecular formula is C31H44O3. The highest BCUT2D eigenvalue weighted by Crippen LogP contribution is 2.35. The first-order valence-electron chi connectivity index (χ1n) is 12.7. The minimum absolute atomic E-state index is 0.245. The van der Waals surface area contributed by atoms with E-state index in [2.05, 4.69) is 96.1 Å². The molecule has 0 N–H and O–H groups in total. The van der Waals surface area contributed by atoms with Gasteiger partial charge in [-0.25, -0.2) is 0 Å². The number of hydrogen-bond donors (Lipinski definition) is 0. The van der Waals surface area contributed by atoms with E-state index in [0.29, 0.717) is 25.7 Å². The predicted molar refractivity (Wildman–Crippen MR) is 145 cm³/mol. The molecular weight excluding hydrogens is 420 g/mol. The molecule has 0 aliphatic heterocycles. The summed E-state index contributed by atoms with van der Waals surface area (Å²) in [5, 5.41) is 2.50. The van der Waals surface area contributed by atoms with E-state index in [4.69, 9.17) is 14.2 Å². The smallest absolute Gasteiger partial charge is 0.196 e. The van der Waals surface area contributed by atoms with E-state index in [9.17, 15) is 0 Å². The molecule has 0 fully saturated rings. The molecule has 2 atom stereocenters. The standard InChI is InChI=1S/C28H36O3.C3H8/c1-21(28(3,4)5)23-14-16-26(17-15-23)31-22(2)30-19-9-18-29-20-25-12-8-11-24-10-6-7-13-27(24)25;1-3-2/h6-8,10-17,21-22H,9,18-20H2,1-5H3;3H2,1-2H3. The van der Waals surface area contributed by atoms with Gasteiger partial charge in [0.1, 0.15) is 5.75 Å². The normalized spacial score (nSPS) is 13.1. The van der Waals surface area contributed by atoms with Gasteiger partial charge in [-0.15, -0.1) is 0 Å². The summed E-state index contributed by atoms with van der Waals surface area (Å²) in [6.07, 6.45) is 1.80. The monoisotopic (exact) mass is 464 g/mol. The van der Waals surface area contributed by atoms with Crippen LogP contribution in [-0.4, -0.2) is 19.5 Å². The second-order valence-electron chi connectivity index (χ2n) is 9.96. The molecule has 3 aromatic rings. The number of ether oxygens (including phenoxy) is 3. The molecule has 0 amide bonds. The van der Waals surface area contributed by atoms with Crippen LogP contribution in [-0.2, 0) is 16.1 Å². The zero-order chi connectivity index (χ0) is 25.0. The summed E-state index contributed by atoms with van der Waals surface area (Å²) in [6, 6.07) is 23.1. The average molecular weight is 465 g/mol. The summed E-state index contributed by atoms with van der Waals surface area (Å²) in [5.74, 6) is 1.33. The van der Waals surface area contributed by atoms with Gasteiger partial charge in [0.15, 0.2) is 6.29 Å². The Balaban J connectivity index is 0.00000129. The molecule has 3 aromatic carbocycles. The summed E-state index contributed by atoms with van der Waals surface area (Å²) in [7, 11) is 0. The third-order valence-electron chi connectivity index (χ3n) is 5.90. The summed E-state index contributed by atoms with van der Waals surface area (Å²) >= 11 is 0. The molecule has 34 heavy (non-hydrogen) atoms. The average Bonchev–Trinajstić information content (AvgIpc) is 2.81. The maximum atomic E-state index is 5.90. The van der Waals surface area contributed by atoms with Gasteiger partial charge in [-0.3, -0.25) is 0 Å². The molecule has 0 aliphatic carbocycles. The lowest BCUT2D eigenvalue weighted by Crippen LogP contribution is -2.18. The molecule has 3 nitrogen and oxygen atoms in total. The van der Waals surface area contributed by atoms with Gasteiger partial charge < -0.3 is 14.2 Å². The summed E-state index contributed by atoms with van der Waals surface area (Å²) in [6.45, 7) is 17.1. The number of rotatable bonds is 10. The molecule has 0 radical (unpaired) electrons. The fourth-order valence-corrected chi connectivity index (χ4v) is 3.57. The van der Waals surface area contributed by atoms with Crippen LogP contribution in [0.15, 0.2) is 66.7 Å². The summed E-state index contributed by atoms with van der Waals surface area (Å²) < 4.78 is 17.6. The van der Waals surface area contributed by atoms with E-state index in [-0.39, 0.29) is 11.7 Å². The van der Waals surface area contributed by atoms with Crippen LogP contribution in [0.4, 0.5) is 0 Å². The number of benzene rings is 3. The molecule has 0 heterocycles. The van der Waals surface area contributed by atoms with Crippen molar-refractivity contribution in [1.29, 1.82) is 0 Å². The van der Waals surface area contributed by atoms with Crippen molar-refractivity contribution >= 4 is 10.8 Å². The number of fused-ring (bicyclic) bond motifs is 1. The Hall–Kier alpha value is -2.36. The van der Waals surface area contributed by atoms with Crippen molar-refractivity contribution in [1.82, 2.24) is 0 Å². The molecule has 3 rings (SSSR count). The molecule has 0 saturated heterocycles. The van der Waals surface area contributed by atoms with Crippen LogP contribution in [0, 0.1) is 5.41 Å². The van der Waals surface area contributed by atoms with Crippen LogP contribution < -0.4 is 4.74 Å². The highest BCUT2D eigenvalue weighted by Gasteiger charge is 2.21. The van der Waals surface area contributed by atoms with E-state index < -0.39 is 0 Å². The van der Waals surface area contributed by atoms with Crippen molar-refractivity contribution in [2.45, 2.75) is 80.1 Å². The van der Waals surface area contributed by atoms with Crippen LogP contribution in [0.25, 0.3) is 10.8 Å². The van der Waals surface area contributed by atoms with Gasteiger partial charge >= 0.3 is 0 Å². The largest absolute Gasteiger partial charge is 0.465 e. The molecule has 0 aliphatic rings. The topological polar surface area (TPSA) is 27.7 Å². The Labute approximate surface area is 207 Å². The minimum atomic E-state index is -0.288. The first-order chi connectivity index (χ1) is 16.3. The zero-order valence-corrected chi connectivity index (χ0v) is 22.3. The van der Waals surface area contributed by atoms with Gasteiger partial charge in [0, 0.05) is 6.61 Å². The van der Waals surface area contributed by atoms with E-state index in [1.165, 1.54) is 28.3 Å². The molecule has 0 bridgehead atoms. The van der Waals surface area contributed by atoms with Crippen LogP contribution >= 0.6 is 0 Å². The molecule has 0 spiro atoms. The fraction of sp³-hybridized carbons (Fsp3) is 0.484. The lowest BCUT2D eigenvalue weighted by atomic mass is 9.78. The molecule has 2 unspecified atom stereocenters. The summed E-state index contributed by atoms with van der Waals surface area (Å²) in [5.41, 5.74) is 2.80. The van der Waals surface area contributed by atoms with Gasteiger partial charge in [-0.1, -0.05) is 103 Å². The van der Waals surface area contributed by atoms with Crippen molar-refractivity contribution in [3.63, 3.8) is 0 Å². The van der Waals surface area contributed by atoms with Crippen molar-refractivity contribution in [2.75, 3.05) is 13.2 Å². The Bertz CT molecular complexity index is 951. The second-order valence-corrected chi connectivity index (χ2v) is 9.96. The van der Waals surface area contributed by atoms with E-state index in [1.807, 2.05) is 19.1 Å². The molecule has 0 saturated carbocycles. The molecule has 186 valence electrons. The third-order valence-corrected chi connectivity index (χ3v) is 5.90. The van der Waals surface area contributed by atoms with Crippen molar-refractivity contribution in [3.8, 4) is 5.75 Å². The van der Waals surface area contributed by atoms with E-state index in [0.717, 1.165) is 12.2 Å². The maximum absolute atomic E-state index is 5.90. The van der Waals surface area contributed by atoms with Gasteiger partial charge in [0.2, 0.25) is 0 Å². The van der Waals surface area contributed by atoms with Crippen molar-refractivity contribution < 1.29 is 14.2 Å². The van der Waals surface area contributed by atoms with Crippen LogP contribution in [0.3, 0.4) is 0 Å². The van der Waals surface area contributed by atoms with Gasteiger partial charge in [-0.05, 0) is 58.7 Å². The van der Waals surface area contributed by atoms with Gasteiger partial charge in [-0.2, -0.15) is 0 Å². The Morgan fingerprint density at radius 3 is 2.12 bits per heavy atom. The van der Waals surface area contributed by atoms with Gasteiger partial charge in [0.25, 0.3) is 0 Å². The van der Waals surface area contributed by atoms with E-state index >= 15 is 0 Å². The first-order valence-corrected chi connectivity index (χ1v) is 12.7. The predicted octanol–water partition coefficient (Wildman–Crippen LogP) is 8.75. The third kappa shape index (κ3) is 9.12. The lowest BCUT2D eigenvalue weighted by molar-refractivity contribution is -0.0720. The second kappa shape index (κ2) is 14.1. The van der Waals surface area contributed by atoms with Crippen LogP contribution in [0.1, 0.15) is 78.4 Å². The Morgan fingerprint density at radius 1 is 0.794 bits per heavy atom. The highest BCUT2D eigenvalue weighted by molar-refractivity contribution is 5.85. The van der Waals surface area contributed by atoms with Crippen molar-refractivity contribution in [3.05, 3.63) is 77.9 Å². The fourth-order valence-electron chi connectivity index (χ4n) is 3.57. The number of hydrogen-bond acceptors (Lipinski definition) is 3. The zero-order valence-electron chi connectivity index (χ0n) is 22.3.